The molecule has 5 nitrogen and oxygen atoms in total. The van der Waals surface area contributed by atoms with Gasteiger partial charge in [-0.2, -0.15) is 0 Å². The fourth-order valence-corrected chi connectivity index (χ4v) is 4.72. The largest absolute Gasteiger partial charge is 0.483 e. The van der Waals surface area contributed by atoms with Crippen molar-refractivity contribution in [3.8, 4) is 5.75 Å². The highest BCUT2D eigenvalue weighted by Crippen LogP contribution is 2.22. The summed E-state index contributed by atoms with van der Waals surface area (Å²) in [6.45, 7) is 11.1. The summed E-state index contributed by atoms with van der Waals surface area (Å²) in [4.78, 5) is 28.3. The van der Waals surface area contributed by atoms with Crippen LogP contribution in [0, 0.1) is 13.8 Å². The monoisotopic (exact) mass is 602 g/mol. The minimum atomic E-state index is -0.160. The Bertz CT molecular complexity index is 1550. The minimum absolute atomic E-state index is 0.0424. The molecule has 0 saturated carbocycles. The van der Waals surface area contributed by atoms with Crippen LogP contribution < -0.4 is 15.0 Å². The SMILES string of the molecule is CC.CCCN/C(=C\C=C\C(=O)C1=CC=C(c2ccccc2)C=CC1)CN(C(=O)COc1ccc(C)cc1C)c1ccccc1. The van der Waals surface area contributed by atoms with E-state index in [4.69, 9.17) is 4.74 Å². The quantitative estimate of drug-likeness (QED) is 0.157. The highest BCUT2D eigenvalue weighted by Gasteiger charge is 2.18. The molecular weight excluding hydrogens is 556 g/mol. The summed E-state index contributed by atoms with van der Waals surface area (Å²) in [6.07, 6.45) is 14.7. The molecule has 234 valence electrons. The summed E-state index contributed by atoms with van der Waals surface area (Å²) >= 11 is 0. The lowest BCUT2D eigenvalue weighted by Crippen LogP contribution is -2.39. The maximum absolute atomic E-state index is 13.5. The van der Waals surface area contributed by atoms with Gasteiger partial charge in [-0.1, -0.05) is 117 Å². The molecule has 0 fully saturated rings. The van der Waals surface area contributed by atoms with Crippen molar-refractivity contribution in [2.75, 3.05) is 24.6 Å². The second-order valence-corrected chi connectivity index (χ2v) is 10.5. The van der Waals surface area contributed by atoms with Crippen molar-refractivity contribution in [1.29, 1.82) is 0 Å². The third-order valence-corrected chi connectivity index (χ3v) is 7.05. The number of nitrogens with one attached hydrogen (secondary N) is 1. The second-order valence-electron chi connectivity index (χ2n) is 10.5. The maximum atomic E-state index is 13.5. The summed E-state index contributed by atoms with van der Waals surface area (Å²) < 4.78 is 5.94. The van der Waals surface area contributed by atoms with E-state index >= 15 is 0 Å². The van der Waals surface area contributed by atoms with Crippen molar-refractivity contribution in [2.45, 2.75) is 47.5 Å². The molecule has 4 rings (SSSR count). The van der Waals surface area contributed by atoms with Crippen molar-refractivity contribution < 1.29 is 14.3 Å². The number of amides is 1. The predicted octanol–water partition coefficient (Wildman–Crippen LogP) is 8.72. The number of carbonyl (C=O) groups is 2. The number of anilines is 1. The van der Waals surface area contributed by atoms with Gasteiger partial charge >= 0.3 is 0 Å². The molecule has 5 heteroatoms. The van der Waals surface area contributed by atoms with Crippen LogP contribution in [0.3, 0.4) is 0 Å². The summed E-state index contributed by atoms with van der Waals surface area (Å²) in [7, 11) is 0. The molecule has 1 aliphatic carbocycles. The number of carbonyl (C=O) groups excluding carboxylic acids is 2. The first-order valence-corrected chi connectivity index (χ1v) is 15.8. The Morgan fingerprint density at radius 2 is 1.64 bits per heavy atom. The number of hydrogen-bond donors (Lipinski definition) is 1. The fourth-order valence-electron chi connectivity index (χ4n) is 4.72. The van der Waals surface area contributed by atoms with Crippen molar-refractivity contribution in [3.05, 3.63) is 149 Å². The molecule has 0 spiro atoms. The molecule has 0 heterocycles. The molecule has 0 bridgehead atoms. The summed E-state index contributed by atoms with van der Waals surface area (Å²) in [5.41, 5.74) is 6.65. The third-order valence-electron chi connectivity index (χ3n) is 7.05. The summed E-state index contributed by atoms with van der Waals surface area (Å²) in [5, 5.41) is 3.43. The van der Waals surface area contributed by atoms with Gasteiger partial charge in [0.1, 0.15) is 5.75 Å². The van der Waals surface area contributed by atoms with Crippen LogP contribution in [0.25, 0.3) is 5.57 Å². The number of para-hydroxylation sites is 1. The average molecular weight is 603 g/mol. The van der Waals surface area contributed by atoms with E-state index in [1.807, 2.05) is 119 Å². The average Bonchev–Trinajstić information content (AvgIpc) is 3.33. The van der Waals surface area contributed by atoms with Gasteiger partial charge in [0.2, 0.25) is 0 Å². The van der Waals surface area contributed by atoms with Crippen LogP contribution in [-0.4, -0.2) is 31.4 Å². The third kappa shape index (κ3) is 11.0. The van der Waals surface area contributed by atoms with Gasteiger partial charge in [0.25, 0.3) is 5.91 Å². The van der Waals surface area contributed by atoms with E-state index in [0.717, 1.165) is 52.2 Å². The van der Waals surface area contributed by atoms with E-state index in [2.05, 4.69) is 30.4 Å². The fraction of sp³-hybridized carbons (Fsp3) is 0.250. The van der Waals surface area contributed by atoms with Gasteiger partial charge in [-0.05, 0) is 73.7 Å². The highest BCUT2D eigenvalue weighted by molar-refractivity contribution is 6.05. The van der Waals surface area contributed by atoms with Crippen molar-refractivity contribution >= 4 is 23.0 Å². The lowest BCUT2D eigenvalue weighted by atomic mass is 10.1. The van der Waals surface area contributed by atoms with E-state index in [0.29, 0.717) is 18.7 Å². The molecule has 0 radical (unpaired) electrons. The standard InChI is InChI=1S/C38H40N2O3.C2H6/c1-4-25-39-34(17-12-20-36(41)33-16-11-15-32(22-23-33)31-13-7-5-8-14-31)27-40(35-18-9-6-10-19-35)38(42)28-43-37-24-21-29(2)26-30(37)3;1-2/h5-15,17-24,26,39H,4,16,25,27-28H2,1-3H3;1-2H3/b20-12+,34-17-;. The van der Waals surface area contributed by atoms with Crippen LogP contribution in [-0.2, 0) is 9.59 Å². The first-order valence-electron chi connectivity index (χ1n) is 15.8. The number of benzene rings is 3. The summed E-state index contributed by atoms with van der Waals surface area (Å²) in [5.74, 6) is 0.493. The molecule has 0 aromatic heterocycles. The lowest BCUT2D eigenvalue weighted by molar-refractivity contribution is -0.120. The molecule has 0 aliphatic heterocycles. The first-order chi connectivity index (χ1) is 21.9. The Hall–Kier alpha value is -4.90. The van der Waals surface area contributed by atoms with Crippen LogP contribution in [0.5, 0.6) is 5.75 Å². The lowest BCUT2D eigenvalue weighted by Gasteiger charge is -2.25. The number of ketones is 1. The molecule has 0 atom stereocenters. The zero-order valence-corrected chi connectivity index (χ0v) is 27.3. The Kier molecular flexibility index (Phi) is 14.4. The molecule has 1 aliphatic rings. The predicted molar refractivity (Wildman–Crippen MR) is 188 cm³/mol. The molecule has 1 amide bonds. The Morgan fingerprint density at radius 3 is 2.33 bits per heavy atom. The van der Waals surface area contributed by atoms with Gasteiger partial charge in [-0.25, -0.2) is 0 Å². The van der Waals surface area contributed by atoms with E-state index in [1.165, 1.54) is 0 Å². The van der Waals surface area contributed by atoms with E-state index in [1.54, 1.807) is 17.1 Å². The van der Waals surface area contributed by atoms with Crippen molar-refractivity contribution in [2.24, 2.45) is 0 Å². The Balaban J connectivity index is 0.00000271. The van der Waals surface area contributed by atoms with Gasteiger partial charge in [-0.15, -0.1) is 0 Å². The molecule has 0 unspecified atom stereocenters. The molecule has 0 saturated heterocycles. The van der Waals surface area contributed by atoms with Gasteiger partial charge < -0.3 is 15.0 Å². The molecular formula is C40H46N2O3. The number of allylic oxidation sites excluding steroid dienone is 9. The highest BCUT2D eigenvalue weighted by atomic mass is 16.5. The topological polar surface area (TPSA) is 58.6 Å². The van der Waals surface area contributed by atoms with Gasteiger partial charge in [0.05, 0.1) is 6.54 Å². The maximum Gasteiger partial charge on any atom is 0.265 e. The normalized spacial score (nSPS) is 12.8. The molecule has 3 aromatic carbocycles. The number of ether oxygens (including phenoxy) is 1. The minimum Gasteiger partial charge on any atom is -0.483 e. The number of rotatable bonds is 13. The Morgan fingerprint density at radius 1 is 0.933 bits per heavy atom. The number of nitrogens with zero attached hydrogens (tertiary/aromatic N) is 1. The summed E-state index contributed by atoms with van der Waals surface area (Å²) in [6, 6.07) is 25.6. The first kappa shape index (κ1) is 34.6. The Labute approximate surface area is 269 Å². The zero-order chi connectivity index (χ0) is 32.4. The van der Waals surface area contributed by atoms with Gasteiger partial charge in [0, 0.05) is 23.5 Å². The number of hydrogen-bond acceptors (Lipinski definition) is 4. The van der Waals surface area contributed by atoms with Gasteiger partial charge in [-0.3, -0.25) is 9.59 Å². The van der Waals surface area contributed by atoms with Crippen molar-refractivity contribution in [3.63, 3.8) is 0 Å². The second kappa shape index (κ2) is 18.7. The van der Waals surface area contributed by atoms with Crippen LogP contribution in [0.1, 0.15) is 50.3 Å². The van der Waals surface area contributed by atoms with Crippen LogP contribution in [0.2, 0.25) is 0 Å². The smallest absolute Gasteiger partial charge is 0.265 e. The molecule has 3 aromatic rings. The van der Waals surface area contributed by atoms with Crippen LogP contribution >= 0.6 is 0 Å². The van der Waals surface area contributed by atoms with Gasteiger partial charge in [0.15, 0.2) is 12.4 Å². The zero-order valence-electron chi connectivity index (χ0n) is 27.3. The van der Waals surface area contributed by atoms with E-state index in [9.17, 15) is 9.59 Å². The van der Waals surface area contributed by atoms with Crippen LogP contribution in [0.15, 0.2) is 133 Å². The van der Waals surface area contributed by atoms with E-state index < -0.39 is 0 Å². The van der Waals surface area contributed by atoms with Crippen LogP contribution in [0.4, 0.5) is 5.69 Å². The van der Waals surface area contributed by atoms with Crippen molar-refractivity contribution in [1.82, 2.24) is 5.32 Å². The molecule has 1 N–H and O–H groups in total. The molecule has 45 heavy (non-hydrogen) atoms. The van der Waals surface area contributed by atoms with E-state index in [-0.39, 0.29) is 18.3 Å². The number of aryl methyl sites for hydroxylation is 2.